The minimum absolute atomic E-state index is 0.0142. The Morgan fingerprint density at radius 3 is 2.66 bits per heavy atom. The van der Waals surface area contributed by atoms with Gasteiger partial charge in [-0.1, -0.05) is 23.7 Å². The highest BCUT2D eigenvalue weighted by Gasteiger charge is 2.41. The molecule has 0 unspecified atom stereocenters. The van der Waals surface area contributed by atoms with Crippen LogP contribution in [0.2, 0.25) is 5.02 Å². The predicted octanol–water partition coefficient (Wildman–Crippen LogP) is 0.897. The molecule has 2 amide bonds. The summed E-state index contributed by atoms with van der Waals surface area (Å²) in [6.07, 6.45) is -0.0187. The zero-order valence-electron chi connectivity index (χ0n) is 19.0. The number of piperidine rings is 1. The number of hydrogen-bond donors (Lipinski definition) is 2. The van der Waals surface area contributed by atoms with Gasteiger partial charge in [0.2, 0.25) is 21.8 Å². The number of aliphatic hydroxyl groups excluding tert-OH is 1. The molecule has 35 heavy (non-hydrogen) atoms. The van der Waals surface area contributed by atoms with Crippen molar-refractivity contribution in [1.82, 2.24) is 14.5 Å². The maximum atomic E-state index is 13.0. The van der Waals surface area contributed by atoms with Gasteiger partial charge in [-0.25, -0.2) is 13.2 Å². The van der Waals surface area contributed by atoms with Crippen LogP contribution in [0.3, 0.4) is 0 Å². The Morgan fingerprint density at radius 2 is 1.91 bits per heavy atom. The molecule has 10 nitrogen and oxygen atoms in total. The van der Waals surface area contributed by atoms with Gasteiger partial charge in [0, 0.05) is 24.5 Å². The number of aliphatic hydroxyl groups is 1. The quantitative estimate of drug-likeness (QED) is 0.537. The van der Waals surface area contributed by atoms with E-state index in [1.165, 1.54) is 29.0 Å². The fourth-order valence-electron chi connectivity index (χ4n) is 4.53. The molecule has 188 valence electrons. The maximum Gasteiger partial charge on any atom is 0.328 e. The highest BCUT2D eigenvalue weighted by Crippen LogP contribution is 2.24. The number of esters is 1. The first-order chi connectivity index (χ1) is 16.6. The van der Waals surface area contributed by atoms with Crippen LogP contribution in [0.25, 0.3) is 10.8 Å². The number of hydrogen-bond acceptors (Lipinski definition) is 7. The molecule has 0 aliphatic carbocycles. The maximum absolute atomic E-state index is 13.0. The van der Waals surface area contributed by atoms with Crippen molar-refractivity contribution in [3.05, 3.63) is 41.4 Å². The molecule has 2 N–H and O–H groups in total. The number of rotatable bonds is 6. The molecule has 2 aromatic rings. The van der Waals surface area contributed by atoms with Crippen molar-refractivity contribution in [3.8, 4) is 0 Å². The number of carbonyl (C=O) groups excluding carboxylic acids is 3. The number of β-amino-alcohol motifs (C(OH)–C–C–N with tert-alkyl or cyclic N) is 1. The molecule has 2 saturated heterocycles. The minimum Gasteiger partial charge on any atom is -0.467 e. The van der Waals surface area contributed by atoms with Crippen molar-refractivity contribution in [2.24, 2.45) is 0 Å². The summed E-state index contributed by atoms with van der Waals surface area (Å²) in [7, 11) is -2.81. The summed E-state index contributed by atoms with van der Waals surface area (Å²) in [6.45, 7) is -0.0866. The van der Waals surface area contributed by atoms with Crippen molar-refractivity contribution in [2.45, 2.75) is 42.3 Å². The second-order valence-electron chi connectivity index (χ2n) is 8.70. The van der Waals surface area contributed by atoms with Crippen LogP contribution < -0.4 is 4.72 Å². The van der Waals surface area contributed by atoms with E-state index in [0.29, 0.717) is 23.3 Å². The van der Waals surface area contributed by atoms with Crippen molar-refractivity contribution < 1.29 is 32.6 Å². The van der Waals surface area contributed by atoms with E-state index >= 15 is 0 Å². The number of benzene rings is 2. The molecule has 2 fully saturated rings. The second kappa shape index (κ2) is 10.1. The number of amides is 2. The molecular weight excluding hydrogens is 498 g/mol. The Kier molecular flexibility index (Phi) is 7.32. The number of nitrogens with one attached hydrogen (secondary N) is 1. The second-order valence-corrected chi connectivity index (χ2v) is 10.9. The lowest BCUT2D eigenvalue weighted by molar-refractivity contribution is -0.152. The molecular formula is C23H26ClN3O7S. The number of ether oxygens (including phenoxy) is 1. The zero-order valence-corrected chi connectivity index (χ0v) is 20.6. The summed E-state index contributed by atoms with van der Waals surface area (Å²) < 4.78 is 33.2. The number of sulfonamides is 1. The van der Waals surface area contributed by atoms with Gasteiger partial charge in [0.05, 0.1) is 24.7 Å². The monoisotopic (exact) mass is 523 g/mol. The van der Waals surface area contributed by atoms with E-state index in [-0.39, 0.29) is 31.0 Å². The van der Waals surface area contributed by atoms with E-state index in [1.54, 1.807) is 24.3 Å². The number of likely N-dealkylation sites (tertiary alicyclic amines) is 2. The number of halogens is 1. The molecule has 0 aromatic heterocycles. The van der Waals surface area contributed by atoms with E-state index in [9.17, 15) is 27.9 Å². The number of methoxy groups -OCH3 is 1. The van der Waals surface area contributed by atoms with Gasteiger partial charge < -0.3 is 19.6 Å². The normalized spacial score (nSPS) is 23.1. The lowest BCUT2D eigenvalue weighted by atomic mass is 10.1. The molecule has 0 saturated carbocycles. The third-order valence-electron chi connectivity index (χ3n) is 6.31. The Hall–Kier alpha value is -2.73. The van der Waals surface area contributed by atoms with Gasteiger partial charge >= 0.3 is 5.97 Å². The van der Waals surface area contributed by atoms with Gasteiger partial charge in [0.25, 0.3) is 0 Å². The lowest BCUT2D eigenvalue weighted by Gasteiger charge is -2.33. The Morgan fingerprint density at radius 1 is 1.20 bits per heavy atom. The molecule has 3 atom stereocenters. The number of carbonyl (C=O) groups is 3. The summed E-state index contributed by atoms with van der Waals surface area (Å²) in [5.41, 5.74) is 0. The third-order valence-corrected chi connectivity index (χ3v) is 8.02. The summed E-state index contributed by atoms with van der Waals surface area (Å²) >= 11 is 5.99. The van der Waals surface area contributed by atoms with Gasteiger partial charge in [-0.2, -0.15) is 4.72 Å². The minimum atomic E-state index is -4.01. The van der Waals surface area contributed by atoms with Crippen molar-refractivity contribution >= 4 is 50.2 Å². The van der Waals surface area contributed by atoms with Gasteiger partial charge in [-0.3, -0.25) is 9.59 Å². The summed E-state index contributed by atoms with van der Waals surface area (Å²) in [6, 6.07) is 7.76. The third kappa shape index (κ3) is 5.43. The van der Waals surface area contributed by atoms with Crippen LogP contribution in [-0.2, 0) is 29.1 Å². The molecule has 0 bridgehead atoms. The van der Waals surface area contributed by atoms with Crippen LogP contribution in [0.15, 0.2) is 41.3 Å². The molecule has 4 rings (SSSR count). The highest BCUT2D eigenvalue weighted by molar-refractivity contribution is 7.89. The number of fused-ring (bicyclic) bond motifs is 1. The van der Waals surface area contributed by atoms with Crippen LogP contribution >= 0.6 is 11.6 Å². The molecule has 2 heterocycles. The smallest absolute Gasteiger partial charge is 0.328 e. The SMILES string of the molecule is COC(=O)[C@@H]1C[C@@H](O)CN1C(=O)CN1CCC[C@H](NS(=O)(=O)c2ccc3cc(Cl)ccc3c2)C1=O. The summed E-state index contributed by atoms with van der Waals surface area (Å²) in [4.78, 5) is 40.4. The topological polar surface area (TPSA) is 133 Å². The zero-order chi connectivity index (χ0) is 25.3. The van der Waals surface area contributed by atoms with E-state index in [1.807, 2.05) is 0 Å². The first-order valence-corrected chi connectivity index (χ1v) is 13.0. The van der Waals surface area contributed by atoms with Gasteiger partial charge in [0.1, 0.15) is 12.1 Å². The van der Waals surface area contributed by atoms with Gasteiger partial charge in [0.15, 0.2) is 0 Å². The van der Waals surface area contributed by atoms with Crippen LogP contribution in [-0.4, -0.2) is 86.0 Å². The first-order valence-electron chi connectivity index (χ1n) is 11.1. The predicted molar refractivity (Wildman–Crippen MR) is 127 cm³/mol. The Labute approximate surface area is 207 Å². The fraction of sp³-hybridized carbons (Fsp3) is 0.435. The van der Waals surface area contributed by atoms with Crippen LogP contribution in [0.5, 0.6) is 0 Å². The first kappa shape index (κ1) is 25.4. The van der Waals surface area contributed by atoms with Gasteiger partial charge in [-0.05, 0) is 47.9 Å². The van der Waals surface area contributed by atoms with Crippen molar-refractivity contribution in [2.75, 3.05) is 26.7 Å². The average Bonchev–Trinajstić information content (AvgIpc) is 3.22. The Bertz CT molecular complexity index is 1270. The van der Waals surface area contributed by atoms with E-state index in [4.69, 9.17) is 16.3 Å². The highest BCUT2D eigenvalue weighted by atomic mass is 35.5. The van der Waals surface area contributed by atoms with E-state index in [2.05, 4.69) is 4.72 Å². The van der Waals surface area contributed by atoms with E-state index < -0.39 is 46.0 Å². The molecule has 0 radical (unpaired) electrons. The van der Waals surface area contributed by atoms with E-state index in [0.717, 1.165) is 5.39 Å². The molecule has 2 aliphatic heterocycles. The standard InChI is InChI=1S/C23H26ClN3O7S/c1-34-23(31)20-11-17(28)12-27(20)21(29)13-26-8-2-3-19(22(26)30)25-35(32,33)18-7-5-14-9-16(24)6-4-15(14)10-18/h4-7,9-10,17,19-20,25,28H,2-3,8,11-13H2,1H3/t17-,19+,20+/m1/s1. The molecule has 2 aromatic carbocycles. The van der Waals surface area contributed by atoms with Gasteiger partial charge in [-0.15, -0.1) is 0 Å². The molecule has 2 aliphatic rings. The Balaban J connectivity index is 1.45. The van der Waals surface area contributed by atoms with Crippen molar-refractivity contribution in [1.29, 1.82) is 0 Å². The fourth-order valence-corrected chi connectivity index (χ4v) is 5.97. The van der Waals surface area contributed by atoms with Crippen molar-refractivity contribution in [3.63, 3.8) is 0 Å². The number of nitrogens with zero attached hydrogens (tertiary/aromatic N) is 2. The summed E-state index contributed by atoms with van der Waals surface area (Å²) in [5.74, 6) is -1.67. The van der Waals surface area contributed by atoms with Crippen LogP contribution in [0.1, 0.15) is 19.3 Å². The summed E-state index contributed by atoms with van der Waals surface area (Å²) in [5, 5.41) is 11.9. The van der Waals surface area contributed by atoms with Crippen LogP contribution in [0.4, 0.5) is 0 Å². The average molecular weight is 524 g/mol. The van der Waals surface area contributed by atoms with Crippen LogP contribution in [0, 0.1) is 0 Å². The molecule has 0 spiro atoms. The largest absolute Gasteiger partial charge is 0.467 e. The molecule has 12 heteroatoms. The lowest BCUT2D eigenvalue weighted by Crippen LogP contribution is -2.55.